The topological polar surface area (TPSA) is 178 Å². The monoisotopic (exact) mass is 766 g/mol. The van der Waals surface area contributed by atoms with Gasteiger partial charge in [0.25, 0.3) is 5.91 Å². The number of nitrogens with zero attached hydrogens (tertiary/aromatic N) is 1. The fourth-order valence-electron chi connectivity index (χ4n) is 8.41. The molecule has 1 saturated heterocycles. The Balaban J connectivity index is 1.07. The number of amides is 3. The molecule has 4 aromatic rings. The second-order valence-corrected chi connectivity index (χ2v) is 17.2. The molecule has 12 nitrogen and oxygen atoms in total. The van der Waals surface area contributed by atoms with Gasteiger partial charge >= 0.3 is 4.87 Å². The fourth-order valence-corrected chi connectivity index (χ4v) is 11.9. The van der Waals surface area contributed by atoms with Gasteiger partial charge in [-0.05, 0) is 97.3 Å². The van der Waals surface area contributed by atoms with Crippen LogP contribution in [-0.4, -0.2) is 49.6 Å². The van der Waals surface area contributed by atoms with Crippen LogP contribution < -0.4 is 29.7 Å². The summed E-state index contributed by atoms with van der Waals surface area (Å²) in [6, 6.07) is 17.7. The number of aromatic amines is 1. The number of thiazole rings is 1. The number of hydrogen-bond acceptors (Lipinski definition) is 10. The summed E-state index contributed by atoms with van der Waals surface area (Å²) < 4.78 is 35.0. The molecular weight excluding hydrogens is 736 g/mol. The maximum Gasteiger partial charge on any atom is 0.305 e. The highest BCUT2D eigenvalue weighted by Gasteiger charge is 2.69. The van der Waals surface area contributed by atoms with Crippen molar-refractivity contribution >= 4 is 73.8 Å². The van der Waals surface area contributed by atoms with Gasteiger partial charge in [0.2, 0.25) is 21.8 Å². The highest BCUT2D eigenvalue weighted by Crippen LogP contribution is 2.68. The number of H-pyrrole nitrogens is 1. The van der Waals surface area contributed by atoms with Crippen LogP contribution in [0.1, 0.15) is 29.7 Å². The minimum absolute atomic E-state index is 0.00936. The molecule has 4 N–H and O–H groups in total. The number of hydrogen-bond donors (Lipinski definition) is 3. The van der Waals surface area contributed by atoms with Gasteiger partial charge in [-0.25, -0.2) is 13.6 Å². The van der Waals surface area contributed by atoms with Crippen molar-refractivity contribution in [2.24, 2.45) is 34.7 Å². The van der Waals surface area contributed by atoms with Gasteiger partial charge in [0, 0.05) is 26.8 Å². The molecule has 3 heterocycles. The van der Waals surface area contributed by atoms with Crippen LogP contribution in [0, 0.1) is 29.6 Å². The number of nitrogens with one attached hydrogen (secondary N) is 2. The standard InChI is InChI=1S/C35H31ClN4O8S3/c1-2-47-24-13-16(3-12-23(24)48-15-25(41)38-18-6-10-20(11-7-18)51(37,45)46)26-27-21-14-22(30(27)49-32-31(26)50-35(44)39-32)29-28(21)33(42)40(34(29)43)19-8-4-17(36)5-9-19/h3-13,21-22,26-30H,2,14-15H2,1H3,(H,38,41)(H,39,44)(H2,37,45,46)/t21-,22-,26-,27?,28?,29?,30?/m1/s1. The number of nitrogens with two attached hydrogens (primary N) is 1. The molecule has 2 aliphatic heterocycles. The van der Waals surface area contributed by atoms with Crippen molar-refractivity contribution in [3.8, 4) is 11.5 Å². The molecule has 3 fully saturated rings. The number of fused-ring (bicyclic) bond motifs is 9. The number of sulfonamides is 1. The summed E-state index contributed by atoms with van der Waals surface area (Å²) in [6.45, 7) is 1.81. The third kappa shape index (κ3) is 5.84. The molecule has 1 aromatic heterocycles. The minimum Gasteiger partial charge on any atom is -0.490 e. The Labute approximate surface area is 305 Å². The summed E-state index contributed by atoms with van der Waals surface area (Å²) in [4.78, 5) is 58.4. The van der Waals surface area contributed by atoms with Crippen molar-refractivity contribution < 1.29 is 32.3 Å². The molecule has 7 atom stereocenters. The van der Waals surface area contributed by atoms with Crippen LogP contribution in [0.4, 0.5) is 11.4 Å². The summed E-state index contributed by atoms with van der Waals surface area (Å²) >= 11 is 8.87. The quantitative estimate of drug-likeness (QED) is 0.201. The lowest BCUT2D eigenvalue weighted by Crippen LogP contribution is -2.42. The number of halogens is 1. The molecule has 51 heavy (non-hydrogen) atoms. The first-order valence-corrected chi connectivity index (χ1v) is 19.9. The Morgan fingerprint density at radius 1 is 0.980 bits per heavy atom. The van der Waals surface area contributed by atoms with Gasteiger partial charge in [-0.3, -0.25) is 24.1 Å². The van der Waals surface area contributed by atoms with Crippen LogP contribution in [0.5, 0.6) is 11.5 Å². The van der Waals surface area contributed by atoms with Gasteiger partial charge in [0.15, 0.2) is 18.1 Å². The number of imide groups is 1. The second-order valence-electron chi connectivity index (χ2n) is 13.0. The molecule has 0 spiro atoms. The molecule has 2 bridgehead atoms. The van der Waals surface area contributed by atoms with E-state index in [-0.39, 0.29) is 57.1 Å². The van der Waals surface area contributed by atoms with Gasteiger partial charge < -0.3 is 19.8 Å². The van der Waals surface area contributed by atoms with Gasteiger partial charge in [-0.2, -0.15) is 0 Å². The zero-order chi connectivity index (χ0) is 35.8. The van der Waals surface area contributed by atoms with E-state index in [2.05, 4.69) is 10.3 Å². The summed E-state index contributed by atoms with van der Waals surface area (Å²) in [5.74, 6) is -1.33. The number of carbonyl (C=O) groups is 3. The lowest BCUT2D eigenvalue weighted by atomic mass is 9.68. The summed E-state index contributed by atoms with van der Waals surface area (Å²) in [6.07, 6.45) is 0.749. The third-order valence-corrected chi connectivity index (χ3v) is 14.0. The van der Waals surface area contributed by atoms with E-state index in [0.29, 0.717) is 34.5 Å². The summed E-state index contributed by atoms with van der Waals surface area (Å²) in [7, 11) is -3.86. The van der Waals surface area contributed by atoms with E-state index in [4.69, 9.17) is 26.2 Å². The molecule has 2 aliphatic carbocycles. The number of primary sulfonamides is 1. The Hall–Kier alpha value is -4.15. The Kier molecular flexibility index (Phi) is 8.53. The van der Waals surface area contributed by atoms with Crippen molar-refractivity contribution in [1.29, 1.82) is 0 Å². The lowest BCUT2D eigenvalue weighted by Gasteiger charge is -2.43. The van der Waals surface area contributed by atoms with E-state index in [1.807, 2.05) is 19.1 Å². The molecule has 3 amide bonds. The highest BCUT2D eigenvalue weighted by atomic mass is 35.5. The molecule has 3 aromatic carbocycles. The number of aromatic nitrogens is 1. The Morgan fingerprint density at radius 3 is 2.37 bits per heavy atom. The van der Waals surface area contributed by atoms with E-state index < -0.39 is 27.8 Å². The first-order valence-electron chi connectivity index (χ1n) is 16.3. The number of ether oxygens (including phenoxy) is 2. The van der Waals surface area contributed by atoms with Gasteiger partial charge in [-0.1, -0.05) is 29.0 Å². The predicted molar refractivity (Wildman–Crippen MR) is 192 cm³/mol. The molecule has 0 radical (unpaired) electrons. The van der Waals surface area contributed by atoms with Gasteiger partial charge in [-0.15, -0.1) is 11.8 Å². The normalized spacial score (nSPS) is 26.1. The third-order valence-electron chi connectivity index (χ3n) is 10.3. The van der Waals surface area contributed by atoms with Crippen LogP contribution in [0.25, 0.3) is 0 Å². The minimum atomic E-state index is -3.86. The lowest BCUT2D eigenvalue weighted by molar-refractivity contribution is -0.123. The van der Waals surface area contributed by atoms with Crippen LogP contribution in [0.15, 0.2) is 81.4 Å². The second kappa shape index (κ2) is 12.8. The number of anilines is 2. The molecule has 4 aliphatic rings. The number of benzene rings is 3. The average Bonchev–Trinajstić information content (AvgIpc) is 3.83. The largest absolute Gasteiger partial charge is 0.490 e. The molecule has 8 rings (SSSR count). The zero-order valence-electron chi connectivity index (χ0n) is 26.9. The van der Waals surface area contributed by atoms with E-state index in [1.165, 1.54) is 29.2 Å². The fraction of sp³-hybridized carbons (Fsp3) is 0.314. The molecule has 16 heteroatoms. The molecule has 2 saturated carbocycles. The number of thioether (sulfide) groups is 1. The average molecular weight is 767 g/mol. The number of rotatable bonds is 9. The van der Waals surface area contributed by atoms with Crippen molar-refractivity contribution in [2.75, 3.05) is 23.4 Å². The first kappa shape index (κ1) is 34.0. The Bertz CT molecular complexity index is 2240. The van der Waals surface area contributed by atoms with E-state index in [1.54, 1.807) is 42.1 Å². The zero-order valence-corrected chi connectivity index (χ0v) is 30.1. The van der Waals surface area contributed by atoms with Crippen LogP contribution in [0.2, 0.25) is 5.02 Å². The number of carbonyl (C=O) groups excluding carboxylic acids is 3. The maximum absolute atomic E-state index is 14.0. The van der Waals surface area contributed by atoms with Gasteiger partial charge in [0.1, 0.15) is 0 Å². The van der Waals surface area contributed by atoms with E-state index >= 15 is 0 Å². The Morgan fingerprint density at radius 2 is 1.69 bits per heavy atom. The first-order chi connectivity index (χ1) is 24.4. The van der Waals surface area contributed by atoms with Gasteiger partial charge in [0.05, 0.1) is 34.1 Å². The van der Waals surface area contributed by atoms with Crippen LogP contribution >= 0.6 is 34.7 Å². The van der Waals surface area contributed by atoms with E-state index in [0.717, 1.165) is 33.2 Å². The molecule has 264 valence electrons. The molecule has 4 unspecified atom stereocenters. The summed E-state index contributed by atoms with van der Waals surface area (Å²) in [5.41, 5.74) is 1.77. The predicted octanol–water partition coefficient (Wildman–Crippen LogP) is 4.83. The highest BCUT2D eigenvalue weighted by molar-refractivity contribution is 8.00. The van der Waals surface area contributed by atoms with Crippen molar-refractivity contribution in [3.63, 3.8) is 0 Å². The SMILES string of the molecule is CCOc1cc([C@H]2c3sc(=O)[nH]c3SC3C2[C@H]2C[C@@H]3C3C(=O)N(c4ccc(Cl)cc4)C(=O)C32)ccc1OCC(=O)Nc1ccc(S(N)(=O)=O)cc1. The van der Waals surface area contributed by atoms with Crippen molar-refractivity contribution in [1.82, 2.24) is 4.98 Å². The smallest absolute Gasteiger partial charge is 0.305 e. The summed E-state index contributed by atoms with van der Waals surface area (Å²) in [5, 5.41) is 9.13. The van der Waals surface area contributed by atoms with Crippen molar-refractivity contribution in [3.05, 3.63) is 91.9 Å². The van der Waals surface area contributed by atoms with Crippen LogP contribution in [-0.2, 0) is 24.4 Å². The van der Waals surface area contributed by atoms with E-state index in [9.17, 15) is 27.6 Å². The van der Waals surface area contributed by atoms with Crippen LogP contribution in [0.3, 0.4) is 0 Å². The maximum atomic E-state index is 14.0. The van der Waals surface area contributed by atoms with Crippen molar-refractivity contribution in [2.45, 2.75) is 34.4 Å². The molecular formula is C35H31ClN4O8S3.